The van der Waals surface area contributed by atoms with Crippen molar-refractivity contribution >= 4 is 23.3 Å². The Morgan fingerprint density at radius 2 is 1.09 bits per heavy atom. The van der Waals surface area contributed by atoms with E-state index in [4.69, 9.17) is 14.6 Å². The van der Waals surface area contributed by atoms with Crippen LogP contribution in [0.4, 0.5) is 17.1 Å². The van der Waals surface area contributed by atoms with Crippen LogP contribution in [0.5, 0.6) is 0 Å². The molecule has 0 atom stereocenters. The second kappa shape index (κ2) is 12.0. The SMILES string of the molecule is CCN(CC)c1ccc(C=NN(c2ccc(COC)cc2)c2ccc(COC)cc2)cc1. The van der Waals surface area contributed by atoms with Crippen molar-refractivity contribution in [2.45, 2.75) is 27.1 Å². The van der Waals surface area contributed by atoms with E-state index in [0.717, 1.165) is 41.2 Å². The first-order valence-corrected chi connectivity index (χ1v) is 11.0. The van der Waals surface area contributed by atoms with Crippen molar-refractivity contribution < 1.29 is 9.47 Å². The first kappa shape index (κ1) is 23.5. The van der Waals surface area contributed by atoms with Crippen LogP contribution in [0, 0.1) is 0 Å². The predicted octanol–water partition coefficient (Wildman–Crippen LogP) is 6.00. The summed E-state index contributed by atoms with van der Waals surface area (Å²) in [7, 11) is 3.41. The Kier molecular flexibility index (Phi) is 8.84. The van der Waals surface area contributed by atoms with Gasteiger partial charge in [-0.05, 0) is 66.9 Å². The average Bonchev–Trinajstić information content (AvgIpc) is 2.83. The summed E-state index contributed by atoms with van der Waals surface area (Å²) in [6, 6.07) is 25.1. The molecule has 0 aromatic heterocycles. The topological polar surface area (TPSA) is 37.3 Å². The fourth-order valence-electron chi connectivity index (χ4n) is 3.57. The number of rotatable bonds is 11. The average molecular weight is 432 g/mol. The van der Waals surface area contributed by atoms with E-state index in [1.165, 1.54) is 5.69 Å². The molecule has 0 spiro atoms. The summed E-state index contributed by atoms with van der Waals surface area (Å²) >= 11 is 0. The van der Waals surface area contributed by atoms with Gasteiger partial charge in [0, 0.05) is 33.0 Å². The van der Waals surface area contributed by atoms with E-state index in [-0.39, 0.29) is 0 Å². The van der Waals surface area contributed by atoms with Crippen LogP contribution in [0.1, 0.15) is 30.5 Å². The highest BCUT2D eigenvalue weighted by Gasteiger charge is 2.09. The number of hydrazone groups is 1. The summed E-state index contributed by atoms with van der Waals surface area (Å²) in [6.45, 7) is 7.52. The number of nitrogens with zero attached hydrogens (tertiary/aromatic N) is 3. The maximum Gasteiger partial charge on any atom is 0.0713 e. The molecule has 5 heteroatoms. The van der Waals surface area contributed by atoms with Crippen molar-refractivity contribution in [1.82, 2.24) is 0 Å². The molecule has 3 aromatic rings. The third-order valence-electron chi connectivity index (χ3n) is 5.33. The minimum absolute atomic E-state index is 0.591. The minimum Gasteiger partial charge on any atom is -0.380 e. The molecule has 0 heterocycles. The van der Waals surface area contributed by atoms with Gasteiger partial charge in [-0.2, -0.15) is 5.10 Å². The first-order chi connectivity index (χ1) is 15.7. The molecule has 0 unspecified atom stereocenters. The first-order valence-electron chi connectivity index (χ1n) is 11.0. The third-order valence-corrected chi connectivity index (χ3v) is 5.33. The summed E-state index contributed by atoms with van der Waals surface area (Å²) in [5.74, 6) is 0. The normalized spacial score (nSPS) is 11.1. The molecule has 3 aromatic carbocycles. The molecule has 0 N–H and O–H groups in total. The Morgan fingerprint density at radius 3 is 1.50 bits per heavy atom. The van der Waals surface area contributed by atoms with Crippen molar-refractivity contribution in [2.24, 2.45) is 5.10 Å². The van der Waals surface area contributed by atoms with Crippen molar-refractivity contribution in [3.05, 3.63) is 89.5 Å². The maximum absolute atomic E-state index is 5.24. The fraction of sp³-hybridized carbons (Fsp3) is 0.296. The lowest BCUT2D eigenvalue weighted by atomic mass is 10.2. The predicted molar refractivity (Wildman–Crippen MR) is 134 cm³/mol. The van der Waals surface area contributed by atoms with Gasteiger partial charge in [-0.25, -0.2) is 5.01 Å². The van der Waals surface area contributed by atoms with E-state index in [1.807, 2.05) is 11.2 Å². The largest absolute Gasteiger partial charge is 0.380 e. The monoisotopic (exact) mass is 431 g/mol. The molecule has 0 aliphatic rings. The molecule has 0 radical (unpaired) electrons. The zero-order valence-electron chi connectivity index (χ0n) is 19.5. The zero-order valence-corrected chi connectivity index (χ0v) is 19.5. The summed E-state index contributed by atoms with van der Waals surface area (Å²) in [6.07, 6.45) is 1.90. The Labute approximate surface area is 191 Å². The number of hydrogen-bond acceptors (Lipinski definition) is 5. The molecule has 32 heavy (non-hydrogen) atoms. The van der Waals surface area contributed by atoms with E-state index in [9.17, 15) is 0 Å². The van der Waals surface area contributed by atoms with E-state index >= 15 is 0 Å². The number of ether oxygens (including phenoxy) is 2. The van der Waals surface area contributed by atoms with E-state index in [2.05, 4.69) is 91.5 Å². The van der Waals surface area contributed by atoms with Crippen LogP contribution in [0.3, 0.4) is 0 Å². The van der Waals surface area contributed by atoms with Gasteiger partial charge in [0.1, 0.15) is 0 Å². The summed E-state index contributed by atoms with van der Waals surface area (Å²) in [5.41, 5.74) is 6.51. The van der Waals surface area contributed by atoms with Crippen LogP contribution in [-0.2, 0) is 22.7 Å². The highest BCUT2D eigenvalue weighted by atomic mass is 16.5. The molecule has 0 aliphatic heterocycles. The maximum atomic E-state index is 5.24. The fourth-order valence-corrected chi connectivity index (χ4v) is 3.57. The Morgan fingerprint density at radius 1 is 0.656 bits per heavy atom. The number of hydrogen-bond donors (Lipinski definition) is 0. The molecular formula is C27H33N3O2. The van der Waals surface area contributed by atoms with Gasteiger partial charge in [-0.1, -0.05) is 36.4 Å². The quantitative estimate of drug-likeness (QED) is 0.276. The second-order valence-electron chi connectivity index (χ2n) is 7.52. The van der Waals surface area contributed by atoms with Crippen LogP contribution >= 0.6 is 0 Å². The molecule has 3 rings (SSSR count). The van der Waals surface area contributed by atoms with Crippen LogP contribution in [-0.4, -0.2) is 33.5 Å². The smallest absolute Gasteiger partial charge is 0.0713 e. The van der Waals surface area contributed by atoms with Gasteiger partial charge in [-0.15, -0.1) is 0 Å². The minimum atomic E-state index is 0.591. The van der Waals surface area contributed by atoms with Gasteiger partial charge in [0.05, 0.1) is 30.8 Å². The van der Waals surface area contributed by atoms with Crippen LogP contribution in [0.25, 0.3) is 0 Å². The van der Waals surface area contributed by atoms with E-state index < -0.39 is 0 Å². The molecule has 0 aliphatic carbocycles. The van der Waals surface area contributed by atoms with Gasteiger partial charge in [0.15, 0.2) is 0 Å². The Balaban J connectivity index is 1.88. The standard InChI is InChI=1S/C27H33N3O2/c1-5-29(6-2)25-13-7-22(8-14-25)19-28-30(26-15-9-23(10-16-26)20-31-3)27-17-11-24(12-18-27)21-32-4/h7-19H,5-6,20-21H2,1-4H3. The molecule has 0 amide bonds. The lowest BCUT2D eigenvalue weighted by Crippen LogP contribution is -2.21. The lowest BCUT2D eigenvalue weighted by molar-refractivity contribution is 0.185. The van der Waals surface area contributed by atoms with Crippen molar-refractivity contribution in [3.8, 4) is 0 Å². The second-order valence-corrected chi connectivity index (χ2v) is 7.52. The van der Waals surface area contributed by atoms with Crippen molar-refractivity contribution in [2.75, 3.05) is 37.2 Å². The molecule has 168 valence electrons. The molecule has 0 fully saturated rings. The van der Waals surface area contributed by atoms with Crippen molar-refractivity contribution in [3.63, 3.8) is 0 Å². The van der Waals surface area contributed by atoms with Crippen LogP contribution < -0.4 is 9.91 Å². The lowest BCUT2D eigenvalue weighted by Gasteiger charge is -2.21. The summed E-state index contributed by atoms with van der Waals surface area (Å²) in [5, 5.41) is 6.78. The van der Waals surface area contributed by atoms with Crippen LogP contribution in [0.2, 0.25) is 0 Å². The number of benzene rings is 3. The molecule has 0 bridgehead atoms. The third kappa shape index (κ3) is 6.19. The van der Waals surface area contributed by atoms with Gasteiger partial charge in [-0.3, -0.25) is 0 Å². The van der Waals surface area contributed by atoms with Gasteiger partial charge in [0.2, 0.25) is 0 Å². The highest BCUT2D eigenvalue weighted by Crippen LogP contribution is 2.27. The van der Waals surface area contributed by atoms with Gasteiger partial charge < -0.3 is 14.4 Å². The van der Waals surface area contributed by atoms with Gasteiger partial charge in [0.25, 0.3) is 0 Å². The highest BCUT2D eigenvalue weighted by molar-refractivity contribution is 5.82. The molecule has 5 nitrogen and oxygen atoms in total. The molecular weight excluding hydrogens is 398 g/mol. The van der Waals surface area contributed by atoms with Crippen molar-refractivity contribution in [1.29, 1.82) is 0 Å². The Hall–Kier alpha value is -3.15. The summed E-state index contributed by atoms with van der Waals surface area (Å²) < 4.78 is 10.5. The summed E-state index contributed by atoms with van der Waals surface area (Å²) in [4.78, 5) is 2.33. The van der Waals surface area contributed by atoms with E-state index in [1.54, 1.807) is 14.2 Å². The number of methoxy groups -OCH3 is 2. The van der Waals surface area contributed by atoms with E-state index in [0.29, 0.717) is 13.2 Å². The molecule has 0 saturated heterocycles. The van der Waals surface area contributed by atoms with Crippen LogP contribution in [0.15, 0.2) is 77.9 Å². The zero-order chi connectivity index (χ0) is 22.8. The number of anilines is 3. The Bertz CT molecular complexity index is 914. The van der Waals surface area contributed by atoms with Gasteiger partial charge >= 0.3 is 0 Å². The molecule has 0 saturated carbocycles.